The van der Waals surface area contributed by atoms with Crippen LogP contribution in [0.5, 0.6) is 0 Å². The first kappa shape index (κ1) is 16.1. The molecule has 1 heterocycles. The average molecular weight is 266 g/mol. The summed E-state index contributed by atoms with van der Waals surface area (Å²) >= 11 is 0. The van der Waals surface area contributed by atoms with E-state index >= 15 is 0 Å². The third-order valence-electron chi connectivity index (χ3n) is 2.94. The van der Waals surface area contributed by atoms with Crippen molar-refractivity contribution in [1.29, 1.82) is 0 Å². The summed E-state index contributed by atoms with van der Waals surface area (Å²) in [5.74, 6) is 0. The highest BCUT2D eigenvalue weighted by atomic mass is 16.7. The third kappa shape index (κ3) is 7.93. The van der Waals surface area contributed by atoms with Crippen LogP contribution in [0.1, 0.15) is 39.0 Å². The van der Waals surface area contributed by atoms with Gasteiger partial charge >= 0.3 is 0 Å². The zero-order valence-corrected chi connectivity index (χ0v) is 12.1. The fourth-order valence-electron chi connectivity index (χ4n) is 1.84. The van der Waals surface area contributed by atoms with Crippen LogP contribution >= 0.6 is 0 Å². The van der Waals surface area contributed by atoms with E-state index < -0.39 is 6.23 Å². The first-order chi connectivity index (χ1) is 9.22. The summed E-state index contributed by atoms with van der Waals surface area (Å²) in [7, 11) is 1.99. The van der Waals surface area contributed by atoms with E-state index in [0.29, 0.717) is 0 Å². The molecular formula is C15H26N2O2. The van der Waals surface area contributed by atoms with E-state index in [1.54, 1.807) is 12.3 Å². The van der Waals surface area contributed by atoms with E-state index in [9.17, 15) is 5.11 Å². The lowest BCUT2D eigenvalue weighted by Crippen LogP contribution is -2.20. The molecule has 0 aliphatic carbocycles. The Morgan fingerprint density at radius 1 is 1.37 bits per heavy atom. The molecule has 4 nitrogen and oxygen atoms in total. The molecule has 1 aliphatic rings. The summed E-state index contributed by atoms with van der Waals surface area (Å²) in [6, 6.07) is 0. The van der Waals surface area contributed by atoms with Crippen molar-refractivity contribution in [2.24, 2.45) is 4.99 Å². The smallest absolute Gasteiger partial charge is 0.164 e. The second-order valence-electron chi connectivity index (χ2n) is 4.81. The van der Waals surface area contributed by atoms with Crippen molar-refractivity contribution in [3.63, 3.8) is 0 Å². The number of aliphatic imine (C=N–C) groups is 1. The molecule has 1 atom stereocenters. The van der Waals surface area contributed by atoms with Crippen molar-refractivity contribution in [2.75, 3.05) is 20.2 Å². The molecule has 0 aromatic heterocycles. The van der Waals surface area contributed by atoms with E-state index in [-0.39, 0.29) is 0 Å². The number of aliphatic hydroxyl groups is 1. The van der Waals surface area contributed by atoms with Crippen molar-refractivity contribution in [3.8, 4) is 0 Å². The van der Waals surface area contributed by atoms with Gasteiger partial charge in [0.15, 0.2) is 6.23 Å². The molecule has 0 radical (unpaired) electrons. The van der Waals surface area contributed by atoms with Crippen LogP contribution in [0.15, 0.2) is 28.8 Å². The van der Waals surface area contributed by atoms with Gasteiger partial charge in [-0.3, -0.25) is 9.83 Å². The van der Waals surface area contributed by atoms with Gasteiger partial charge in [-0.2, -0.15) is 5.06 Å². The summed E-state index contributed by atoms with van der Waals surface area (Å²) in [6.45, 7) is 3.89. The van der Waals surface area contributed by atoms with Crippen LogP contribution in [0, 0.1) is 0 Å². The van der Waals surface area contributed by atoms with Gasteiger partial charge in [-0.25, -0.2) is 0 Å². The van der Waals surface area contributed by atoms with Gasteiger partial charge < -0.3 is 5.11 Å². The molecule has 19 heavy (non-hydrogen) atoms. The molecule has 0 bridgehead atoms. The molecular weight excluding hydrogens is 240 g/mol. The molecule has 0 amide bonds. The minimum absolute atomic E-state index is 0.682. The topological polar surface area (TPSA) is 45.1 Å². The Bertz CT molecular complexity index is 324. The highest BCUT2D eigenvalue weighted by Crippen LogP contribution is 2.10. The van der Waals surface area contributed by atoms with Gasteiger partial charge in [-0.15, -0.1) is 0 Å². The Morgan fingerprint density at radius 3 is 3.00 bits per heavy atom. The van der Waals surface area contributed by atoms with Gasteiger partial charge in [-0.1, -0.05) is 25.5 Å². The second-order valence-corrected chi connectivity index (χ2v) is 4.81. The molecule has 108 valence electrons. The third-order valence-corrected chi connectivity index (χ3v) is 2.94. The standard InChI is InChI=1S/C15H26N2O2/c1-3-12-19-17(2)11-6-4-5-8-14-9-7-10-15(18)16-13-14/h7,9-10,13,15,18H,3-6,8,11-12H2,1-2H3. The maximum absolute atomic E-state index is 9.31. The predicted molar refractivity (Wildman–Crippen MR) is 79.1 cm³/mol. The molecule has 4 heteroatoms. The highest BCUT2D eigenvalue weighted by molar-refractivity contribution is 5.79. The predicted octanol–water partition coefficient (Wildman–Crippen LogP) is 2.71. The van der Waals surface area contributed by atoms with Gasteiger partial charge in [0.05, 0.1) is 6.61 Å². The molecule has 1 aliphatic heterocycles. The van der Waals surface area contributed by atoms with E-state index in [2.05, 4.69) is 11.9 Å². The maximum atomic E-state index is 9.31. The summed E-state index contributed by atoms with van der Waals surface area (Å²) < 4.78 is 0. The summed E-state index contributed by atoms with van der Waals surface area (Å²) in [4.78, 5) is 9.49. The van der Waals surface area contributed by atoms with Gasteiger partial charge in [0.25, 0.3) is 0 Å². The van der Waals surface area contributed by atoms with Gasteiger partial charge in [0.1, 0.15) is 0 Å². The van der Waals surface area contributed by atoms with Crippen LogP contribution in [0.25, 0.3) is 0 Å². The zero-order chi connectivity index (χ0) is 13.9. The summed E-state index contributed by atoms with van der Waals surface area (Å²) in [5, 5.41) is 11.2. The maximum Gasteiger partial charge on any atom is 0.164 e. The Morgan fingerprint density at radius 2 is 2.21 bits per heavy atom. The van der Waals surface area contributed by atoms with Crippen molar-refractivity contribution in [2.45, 2.75) is 45.3 Å². The molecule has 0 aromatic rings. The number of allylic oxidation sites excluding steroid dienone is 3. The number of hydrogen-bond acceptors (Lipinski definition) is 4. The molecule has 1 rings (SSSR count). The molecule has 1 unspecified atom stereocenters. The first-order valence-electron chi connectivity index (χ1n) is 7.15. The average Bonchev–Trinajstić information content (AvgIpc) is 2.61. The van der Waals surface area contributed by atoms with Crippen molar-refractivity contribution in [1.82, 2.24) is 5.06 Å². The molecule has 0 spiro atoms. The van der Waals surface area contributed by atoms with E-state index in [1.165, 1.54) is 12.0 Å². The normalized spacial score (nSPS) is 18.7. The Kier molecular flexibility index (Phi) is 8.38. The van der Waals surface area contributed by atoms with Gasteiger partial charge in [0.2, 0.25) is 0 Å². The number of unbranched alkanes of at least 4 members (excludes halogenated alkanes) is 2. The highest BCUT2D eigenvalue weighted by Gasteiger charge is 2.01. The van der Waals surface area contributed by atoms with Crippen molar-refractivity contribution >= 4 is 6.21 Å². The van der Waals surface area contributed by atoms with Crippen LogP contribution in [0.3, 0.4) is 0 Å². The Labute approximate surface area is 116 Å². The van der Waals surface area contributed by atoms with Crippen LogP contribution in [0.2, 0.25) is 0 Å². The monoisotopic (exact) mass is 266 g/mol. The SMILES string of the molecule is CCCON(C)CCCCCC1=CC=CC(O)N=C1. The molecule has 0 saturated heterocycles. The number of hydroxylamine groups is 2. The van der Waals surface area contributed by atoms with Crippen LogP contribution < -0.4 is 0 Å². The van der Waals surface area contributed by atoms with E-state index in [4.69, 9.17) is 4.84 Å². The van der Waals surface area contributed by atoms with Gasteiger partial charge in [0, 0.05) is 19.8 Å². The Balaban J connectivity index is 2.06. The van der Waals surface area contributed by atoms with Crippen LogP contribution in [-0.2, 0) is 4.84 Å². The minimum Gasteiger partial charge on any atom is -0.368 e. The van der Waals surface area contributed by atoms with Crippen LogP contribution in [-0.4, -0.2) is 42.8 Å². The lowest BCUT2D eigenvalue weighted by Gasteiger charge is -2.15. The quantitative estimate of drug-likeness (QED) is 0.515. The lowest BCUT2D eigenvalue weighted by atomic mass is 10.1. The van der Waals surface area contributed by atoms with Crippen molar-refractivity contribution < 1.29 is 9.94 Å². The first-order valence-corrected chi connectivity index (χ1v) is 7.15. The largest absolute Gasteiger partial charge is 0.368 e. The number of aliphatic hydroxyl groups excluding tert-OH is 1. The molecule has 1 N–H and O–H groups in total. The summed E-state index contributed by atoms with van der Waals surface area (Å²) in [5.41, 5.74) is 1.18. The van der Waals surface area contributed by atoms with E-state index in [0.717, 1.165) is 38.8 Å². The van der Waals surface area contributed by atoms with Crippen molar-refractivity contribution in [3.05, 3.63) is 23.8 Å². The molecule has 0 fully saturated rings. The molecule has 0 saturated carbocycles. The zero-order valence-electron chi connectivity index (χ0n) is 12.1. The van der Waals surface area contributed by atoms with Gasteiger partial charge in [-0.05, 0) is 37.3 Å². The number of hydrogen-bond donors (Lipinski definition) is 1. The second kappa shape index (κ2) is 9.89. The van der Waals surface area contributed by atoms with E-state index in [1.807, 2.05) is 24.3 Å². The van der Waals surface area contributed by atoms with Crippen LogP contribution in [0.4, 0.5) is 0 Å². The molecule has 0 aromatic carbocycles. The minimum atomic E-state index is -0.682. The lowest BCUT2D eigenvalue weighted by molar-refractivity contribution is -0.139. The number of rotatable bonds is 9. The Hall–Kier alpha value is -0.970. The fourth-order valence-corrected chi connectivity index (χ4v) is 1.84. The fraction of sp³-hybridized carbons (Fsp3) is 0.667. The number of nitrogens with zero attached hydrogens (tertiary/aromatic N) is 2. The summed E-state index contributed by atoms with van der Waals surface area (Å²) in [6.07, 6.45) is 12.2.